The van der Waals surface area contributed by atoms with Crippen LogP contribution in [0.15, 0.2) is 24.3 Å². The van der Waals surface area contributed by atoms with Crippen LogP contribution < -0.4 is 10.5 Å². The maximum atomic E-state index is 12.0. The van der Waals surface area contributed by atoms with E-state index in [4.69, 9.17) is 5.73 Å². The van der Waals surface area contributed by atoms with Gasteiger partial charge in [-0.25, -0.2) is 0 Å². The molecule has 0 amide bonds. The van der Waals surface area contributed by atoms with Crippen molar-refractivity contribution in [2.24, 2.45) is 5.73 Å². The van der Waals surface area contributed by atoms with Crippen LogP contribution in [0.4, 0.5) is 22.0 Å². The van der Waals surface area contributed by atoms with Gasteiger partial charge in [-0.2, -0.15) is 22.0 Å². The minimum Gasteiger partial charge on any atom is -0.435 e. The number of benzene rings is 1. The minimum absolute atomic E-state index is 0.122. The van der Waals surface area contributed by atoms with Crippen LogP contribution in [0.2, 0.25) is 0 Å². The summed E-state index contributed by atoms with van der Waals surface area (Å²) < 4.78 is 63.8. The van der Waals surface area contributed by atoms with Crippen molar-refractivity contribution < 1.29 is 26.7 Å². The molecule has 1 rings (SSSR count). The first-order valence-corrected chi connectivity index (χ1v) is 4.65. The Bertz CT molecular complexity index is 349. The highest BCUT2D eigenvalue weighted by molar-refractivity contribution is 5.29. The summed E-state index contributed by atoms with van der Waals surface area (Å²) in [6.07, 6.45) is -5.53. The zero-order valence-corrected chi connectivity index (χ0v) is 8.55. The van der Waals surface area contributed by atoms with Crippen LogP contribution in [0.5, 0.6) is 5.75 Å². The molecular formula is C10H10F5NO. The summed E-state index contributed by atoms with van der Waals surface area (Å²) in [7, 11) is 0. The van der Waals surface area contributed by atoms with E-state index in [0.29, 0.717) is 0 Å². The molecule has 0 fully saturated rings. The van der Waals surface area contributed by atoms with E-state index < -0.39 is 25.3 Å². The number of ether oxygens (including phenoxy) is 1. The summed E-state index contributed by atoms with van der Waals surface area (Å²) in [5, 5.41) is 0. The normalized spacial score (nSPS) is 13.8. The van der Waals surface area contributed by atoms with Crippen molar-refractivity contribution in [3.63, 3.8) is 0 Å². The van der Waals surface area contributed by atoms with E-state index in [0.717, 1.165) is 12.1 Å². The van der Waals surface area contributed by atoms with E-state index in [1.807, 2.05) is 0 Å². The fourth-order valence-electron chi connectivity index (χ4n) is 1.26. The van der Waals surface area contributed by atoms with Gasteiger partial charge in [-0.3, -0.25) is 0 Å². The van der Waals surface area contributed by atoms with Crippen LogP contribution in [0.3, 0.4) is 0 Å². The molecule has 0 spiro atoms. The molecule has 0 saturated carbocycles. The number of rotatable bonds is 4. The lowest BCUT2D eigenvalue weighted by Crippen LogP contribution is -2.20. The summed E-state index contributed by atoms with van der Waals surface area (Å²) in [6.45, 7) is -2.97. The maximum Gasteiger partial charge on any atom is 0.390 e. The summed E-state index contributed by atoms with van der Waals surface area (Å²) in [5.74, 6) is -0.122. The van der Waals surface area contributed by atoms with Gasteiger partial charge in [0.2, 0.25) is 0 Å². The van der Waals surface area contributed by atoms with Gasteiger partial charge in [0, 0.05) is 6.04 Å². The Hall–Kier alpha value is -1.37. The molecule has 1 atom stereocenters. The predicted octanol–water partition coefficient (Wildman–Crippen LogP) is 3.24. The summed E-state index contributed by atoms with van der Waals surface area (Å²) in [5.41, 5.74) is 5.54. The molecule has 0 unspecified atom stereocenters. The highest BCUT2D eigenvalue weighted by Gasteiger charge is 2.30. The van der Waals surface area contributed by atoms with E-state index in [2.05, 4.69) is 4.74 Å². The van der Waals surface area contributed by atoms with Gasteiger partial charge < -0.3 is 10.5 Å². The molecule has 0 aliphatic rings. The lowest BCUT2D eigenvalue weighted by molar-refractivity contribution is -0.138. The minimum atomic E-state index is -4.36. The fraction of sp³-hybridized carbons (Fsp3) is 0.400. The van der Waals surface area contributed by atoms with Gasteiger partial charge in [-0.05, 0) is 17.7 Å². The van der Waals surface area contributed by atoms with E-state index >= 15 is 0 Å². The lowest BCUT2D eigenvalue weighted by Gasteiger charge is -2.14. The van der Waals surface area contributed by atoms with Crippen LogP contribution in [0, 0.1) is 0 Å². The quantitative estimate of drug-likeness (QED) is 0.838. The third-order valence-electron chi connectivity index (χ3n) is 1.98. The second-order valence-electron chi connectivity index (χ2n) is 3.37. The maximum absolute atomic E-state index is 12.0. The molecule has 1 aromatic rings. The highest BCUT2D eigenvalue weighted by atomic mass is 19.4. The molecule has 0 aliphatic heterocycles. The highest BCUT2D eigenvalue weighted by Crippen LogP contribution is 2.28. The smallest absolute Gasteiger partial charge is 0.390 e. The van der Waals surface area contributed by atoms with Gasteiger partial charge in [0.25, 0.3) is 0 Å². The SMILES string of the molecule is N[C@@H](CC(F)(F)F)c1ccc(OC(F)F)cc1. The number of hydrogen-bond donors (Lipinski definition) is 1. The lowest BCUT2D eigenvalue weighted by atomic mass is 10.0. The van der Waals surface area contributed by atoms with Gasteiger partial charge in [-0.1, -0.05) is 12.1 Å². The molecule has 0 aromatic heterocycles. The standard InChI is InChI=1S/C10H10F5NO/c11-9(12)17-7-3-1-6(2-4-7)8(16)5-10(13,14)15/h1-4,8-9H,5,16H2/t8-/m0/s1. The Kier molecular flexibility index (Phi) is 4.28. The molecule has 0 saturated heterocycles. The Labute approximate surface area is 94.2 Å². The third-order valence-corrected chi connectivity index (χ3v) is 1.98. The fourth-order valence-corrected chi connectivity index (χ4v) is 1.26. The summed E-state index contributed by atoms with van der Waals surface area (Å²) >= 11 is 0. The van der Waals surface area contributed by atoms with Crippen molar-refractivity contribution >= 4 is 0 Å². The van der Waals surface area contributed by atoms with Crippen LogP contribution in [-0.2, 0) is 0 Å². The van der Waals surface area contributed by atoms with Gasteiger partial charge in [0.1, 0.15) is 5.75 Å². The first-order valence-electron chi connectivity index (χ1n) is 4.65. The zero-order chi connectivity index (χ0) is 13.1. The third kappa shape index (κ3) is 4.99. The average Bonchev–Trinajstić information content (AvgIpc) is 2.15. The first kappa shape index (κ1) is 13.7. The number of alkyl halides is 5. The first-order chi connectivity index (χ1) is 7.78. The molecule has 0 radical (unpaired) electrons. The molecule has 0 heterocycles. The topological polar surface area (TPSA) is 35.2 Å². The van der Waals surface area contributed by atoms with Crippen molar-refractivity contribution in [3.05, 3.63) is 29.8 Å². The van der Waals surface area contributed by atoms with Crippen molar-refractivity contribution in [1.29, 1.82) is 0 Å². The van der Waals surface area contributed by atoms with Crippen molar-refractivity contribution in [2.75, 3.05) is 0 Å². The van der Waals surface area contributed by atoms with Gasteiger partial charge >= 0.3 is 12.8 Å². The average molecular weight is 255 g/mol. The van der Waals surface area contributed by atoms with E-state index in [9.17, 15) is 22.0 Å². The van der Waals surface area contributed by atoms with E-state index in [-0.39, 0.29) is 11.3 Å². The van der Waals surface area contributed by atoms with Crippen LogP contribution in [-0.4, -0.2) is 12.8 Å². The molecule has 7 heteroatoms. The van der Waals surface area contributed by atoms with Crippen molar-refractivity contribution in [2.45, 2.75) is 25.3 Å². The molecule has 0 bridgehead atoms. The van der Waals surface area contributed by atoms with E-state index in [1.165, 1.54) is 12.1 Å². The predicted molar refractivity (Wildman–Crippen MR) is 50.7 cm³/mol. The number of hydrogen-bond acceptors (Lipinski definition) is 2. The largest absolute Gasteiger partial charge is 0.435 e. The second kappa shape index (κ2) is 5.31. The second-order valence-corrected chi connectivity index (χ2v) is 3.37. The Morgan fingerprint density at radius 3 is 2.06 bits per heavy atom. The molecular weight excluding hydrogens is 245 g/mol. The number of halogens is 5. The van der Waals surface area contributed by atoms with Gasteiger partial charge in [0.05, 0.1) is 6.42 Å². The van der Waals surface area contributed by atoms with Gasteiger partial charge in [0.15, 0.2) is 0 Å². The number of nitrogens with two attached hydrogens (primary N) is 1. The Morgan fingerprint density at radius 2 is 1.65 bits per heavy atom. The van der Waals surface area contributed by atoms with Crippen LogP contribution >= 0.6 is 0 Å². The Balaban J connectivity index is 2.67. The summed E-state index contributed by atoms with van der Waals surface area (Å²) in [6, 6.07) is 3.55. The van der Waals surface area contributed by atoms with Crippen molar-refractivity contribution in [1.82, 2.24) is 0 Å². The Morgan fingerprint density at radius 1 is 1.12 bits per heavy atom. The van der Waals surface area contributed by atoms with Crippen molar-refractivity contribution in [3.8, 4) is 5.75 Å². The monoisotopic (exact) mass is 255 g/mol. The molecule has 0 aliphatic carbocycles. The molecule has 96 valence electrons. The zero-order valence-electron chi connectivity index (χ0n) is 8.55. The van der Waals surface area contributed by atoms with E-state index in [1.54, 1.807) is 0 Å². The summed E-state index contributed by atoms with van der Waals surface area (Å²) in [4.78, 5) is 0. The van der Waals surface area contributed by atoms with Crippen LogP contribution in [0.1, 0.15) is 18.0 Å². The molecule has 2 N–H and O–H groups in total. The molecule has 2 nitrogen and oxygen atoms in total. The molecule has 17 heavy (non-hydrogen) atoms. The molecule has 1 aromatic carbocycles. The van der Waals surface area contributed by atoms with Crippen LogP contribution in [0.25, 0.3) is 0 Å². The van der Waals surface area contributed by atoms with Gasteiger partial charge in [-0.15, -0.1) is 0 Å².